The highest BCUT2D eigenvalue weighted by atomic mass is 16.2. The molecular formula is C21H18N2O3. The molecule has 5 heteroatoms. The quantitative estimate of drug-likeness (QED) is 0.596. The Morgan fingerprint density at radius 1 is 0.885 bits per heavy atom. The molecule has 26 heavy (non-hydrogen) atoms. The smallest absolute Gasteiger partial charge is 0.266 e. The monoisotopic (exact) mass is 346 g/mol. The largest absolute Gasteiger partial charge is 0.331 e. The molecule has 130 valence electrons. The van der Waals surface area contributed by atoms with Crippen molar-refractivity contribution in [1.29, 1.82) is 0 Å². The van der Waals surface area contributed by atoms with Gasteiger partial charge in [-0.05, 0) is 36.4 Å². The first-order valence-corrected chi connectivity index (χ1v) is 8.17. The van der Waals surface area contributed by atoms with E-state index in [0.29, 0.717) is 35.5 Å². The minimum absolute atomic E-state index is 0.168. The van der Waals surface area contributed by atoms with E-state index in [9.17, 15) is 14.4 Å². The molecule has 1 aliphatic rings. The molecule has 0 atom stereocenters. The summed E-state index contributed by atoms with van der Waals surface area (Å²) in [7, 11) is 0. The van der Waals surface area contributed by atoms with Gasteiger partial charge in [0.1, 0.15) is 0 Å². The lowest BCUT2D eigenvalue weighted by Gasteiger charge is -2.20. The molecule has 5 nitrogen and oxygen atoms in total. The van der Waals surface area contributed by atoms with Gasteiger partial charge < -0.3 is 4.90 Å². The van der Waals surface area contributed by atoms with Crippen molar-refractivity contribution in [3.05, 3.63) is 90.5 Å². The predicted molar refractivity (Wildman–Crippen MR) is 100 cm³/mol. The van der Waals surface area contributed by atoms with E-state index in [1.54, 1.807) is 65.6 Å². The fraction of sp³-hybridized carbons (Fsp3) is 0.0952. The number of carbonyl (C=O) groups is 3. The molecule has 2 aromatic rings. The Labute approximate surface area is 151 Å². The second-order valence-electron chi connectivity index (χ2n) is 5.83. The number of anilines is 1. The van der Waals surface area contributed by atoms with Gasteiger partial charge in [-0.2, -0.15) is 0 Å². The van der Waals surface area contributed by atoms with E-state index in [1.807, 2.05) is 0 Å². The number of amides is 3. The first-order valence-electron chi connectivity index (χ1n) is 8.17. The third-order valence-corrected chi connectivity index (χ3v) is 4.15. The van der Waals surface area contributed by atoms with E-state index in [4.69, 9.17) is 0 Å². The van der Waals surface area contributed by atoms with Crippen LogP contribution < -0.4 is 4.90 Å². The van der Waals surface area contributed by atoms with Gasteiger partial charge in [-0.25, -0.2) is 4.90 Å². The van der Waals surface area contributed by atoms with Crippen molar-refractivity contribution in [2.75, 3.05) is 18.0 Å². The highest BCUT2D eigenvalue weighted by Crippen LogP contribution is 2.28. The van der Waals surface area contributed by atoms with Gasteiger partial charge in [0.15, 0.2) is 0 Å². The van der Waals surface area contributed by atoms with Gasteiger partial charge in [-0.15, -0.1) is 13.2 Å². The lowest BCUT2D eigenvalue weighted by Crippen LogP contribution is -2.31. The topological polar surface area (TPSA) is 57.7 Å². The van der Waals surface area contributed by atoms with E-state index in [2.05, 4.69) is 13.2 Å². The Morgan fingerprint density at radius 2 is 1.38 bits per heavy atom. The molecule has 0 saturated heterocycles. The number of hydrogen-bond acceptors (Lipinski definition) is 3. The van der Waals surface area contributed by atoms with Crippen LogP contribution >= 0.6 is 0 Å². The Hall–Kier alpha value is -3.47. The maximum absolute atomic E-state index is 12.5. The molecule has 0 radical (unpaired) electrons. The third-order valence-electron chi connectivity index (χ3n) is 4.15. The van der Waals surface area contributed by atoms with Gasteiger partial charge in [0.05, 0.1) is 16.8 Å². The van der Waals surface area contributed by atoms with E-state index in [-0.39, 0.29) is 17.7 Å². The molecule has 3 amide bonds. The summed E-state index contributed by atoms with van der Waals surface area (Å²) in [5.41, 5.74) is 1.68. The summed E-state index contributed by atoms with van der Waals surface area (Å²) < 4.78 is 0. The fourth-order valence-corrected chi connectivity index (χ4v) is 2.91. The van der Waals surface area contributed by atoms with Crippen LogP contribution in [0.3, 0.4) is 0 Å². The minimum atomic E-state index is -0.357. The molecule has 0 spiro atoms. The Morgan fingerprint density at radius 3 is 1.85 bits per heavy atom. The van der Waals surface area contributed by atoms with Crippen LogP contribution in [0.2, 0.25) is 0 Å². The summed E-state index contributed by atoms with van der Waals surface area (Å²) in [6, 6.07) is 13.2. The summed E-state index contributed by atoms with van der Waals surface area (Å²) in [5.74, 6) is -0.882. The lowest BCUT2D eigenvalue weighted by molar-refractivity contribution is 0.0790. The molecule has 0 N–H and O–H groups in total. The second kappa shape index (κ2) is 7.19. The van der Waals surface area contributed by atoms with E-state index >= 15 is 0 Å². The number of carbonyl (C=O) groups excluding carboxylic acids is 3. The molecule has 3 rings (SSSR count). The van der Waals surface area contributed by atoms with Crippen molar-refractivity contribution in [2.45, 2.75) is 0 Å². The maximum atomic E-state index is 12.5. The average molecular weight is 346 g/mol. The van der Waals surface area contributed by atoms with Crippen molar-refractivity contribution >= 4 is 23.4 Å². The van der Waals surface area contributed by atoms with Crippen molar-refractivity contribution in [1.82, 2.24) is 4.90 Å². The molecule has 0 aromatic heterocycles. The predicted octanol–water partition coefficient (Wildman–Crippen LogP) is 3.30. The molecule has 1 aliphatic heterocycles. The summed E-state index contributed by atoms with van der Waals surface area (Å²) in [6.45, 7) is 8.12. The van der Waals surface area contributed by atoms with Crippen molar-refractivity contribution < 1.29 is 14.4 Å². The van der Waals surface area contributed by atoms with Crippen LogP contribution in [0.1, 0.15) is 31.1 Å². The minimum Gasteiger partial charge on any atom is -0.331 e. The molecule has 0 aliphatic carbocycles. The van der Waals surface area contributed by atoms with Crippen LogP contribution in [0.4, 0.5) is 5.69 Å². The van der Waals surface area contributed by atoms with Gasteiger partial charge >= 0.3 is 0 Å². The van der Waals surface area contributed by atoms with Crippen LogP contribution in [0.5, 0.6) is 0 Å². The number of rotatable bonds is 6. The molecule has 1 heterocycles. The van der Waals surface area contributed by atoms with Gasteiger partial charge in [0, 0.05) is 18.7 Å². The van der Waals surface area contributed by atoms with Crippen LogP contribution in [0, 0.1) is 0 Å². The van der Waals surface area contributed by atoms with Crippen molar-refractivity contribution in [2.24, 2.45) is 0 Å². The van der Waals surface area contributed by atoms with Gasteiger partial charge in [-0.1, -0.05) is 24.3 Å². The molecule has 2 aromatic carbocycles. The SMILES string of the molecule is C=CCN(CC=C)C(=O)c1ccc(N2C(=O)c3ccccc3C2=O)cc1. The number of hydrogen-bond donors (Lipinski definition) is 0. The standard InChI is InChI=1S/C21H18N2O3/c1-3-13-22(14-4-2)19(24)15-9-11-16(12-10-15)23-20(25)17-7-5-6-8-18(17)21(23)26/h3-12H,1-2,13-14H2. The zero-order chi connectivity index (χ0) is 18.7. The number of fused-ring (bicyclic) bond motifs is 1. The van der Waals surface area contributed by atoms with Crippen molar-refractivity contribution in [3.63, 3.8) is 0 Å². The normalized spacial score (nSPS) is 12.7. The van der Waals surface area contributed by atoms with Gasteiger partial charge in [-0.3, -0.25) is 14.4 Å². The molecule has 0 bridgehead atoms. The first kappa shape index (κ1) is 17.4. The maximum Gasteiger partial charge on any atom is 0.266 e. The van der Waals surface area contributed by atoms with Crippen LogP contribution in [-0.4, -0.2) is 35.7 Å². The summed E-state index contributed by atoms with van der Waals surface area (Å²) in [6.07, 6.45) is 3.29. The lowest BCUT2D eigenvalue weighted by atomic mass is 10.1. The zero-order valence-corrected chi connectivity index (χ0v) is 14.2. The zero-order valence-electron chi connectivity index (χ0n) is 14.2. The number of imide groups is 1. The molecule has 0 saturated carbocycles. The Kier molecular flexibility index (Phi) is 4.80. The molecule has 0 unspecified atom stereocenters. The molecule has 0 fully saturated rings. The van der Waals surface area contributed by atoms with E-state index in [0.717, 1.165) is 4.90 Å². The summed E-state index contributed by atoms with van der Waals surface area (Å²) >= 11 is 0. The Balaban J connectivity index is 1.86. The van der Waals surface area contributed by atoms with Gasteiger partial charge in [0.25, 0.3) is 17.7 Å². The third kappa shape index (κ3) is 2.95. The summed E-state index contributed by atoms with van der Waals surface area (Å²) in [4.78, 5) is 40.3. The van der Waals surface area contributed by atoms with E-state index < -0.39 is 0 Å². The first-order chi connectivity index (χ1) is 12.6. The highest BCUT2D eigenvalue weighted by Gasteiger charge is 2.36. The number of benzene rings is 2. The highest BCUT2D eigenvalue weighted by molar-refractivity contribution is 6.34. The second-order valence-corrected chi connectivity index (χ2v) is 5.83. The van der Waals surface area contributed by atoms with Gasteiger partial charge in [0.2, 0.25) is 0 Å². The summed E-state index contributed by atoms with van der Waals surface area (Å²) in [5, 5.41) is 0. The van der Waals surface area contributed by atoms with Crippen LogP contribution in [-0.2, 0) is 0 Å². The average Bonchev–Trinajstić information content (AvgIpc) is 2.92. The Bertz CT molecular complexity index is 855. The molecular weight excluding hydrogens is 328 g/mol. The van der Waals surface area contributed by atoms with Crippen LogP contribution in [0.25, 0.3) is 0 Å². The fourth-order valence-electron chi connectivity index (χ4n) is 2.91. The number of nitrogens with zero attached hydrogens (tertiary/aromatic N) is 2. The van der Waals surface area contributed by atoms with E-state index in [1.165, 1.54) is 0 Å². The van der Waals surface area contributed by atoms with Crippen molar-refractivity contribution in [3.8, 4) is 0 Å². The van der Waals surface area contributed by atoms with Crippen LogP contribution in [0.15, 0.2) is 73.8 Å².